The molecule has 2 nitrogen and oxygen atoms in total. The molecule has 0 saturated heterocycles. The summed E-state index contributed by atoms with van der Waals surface area (Å²) in [6, 6.07) is 3.75. The molecule has 0 bridgehead atoms. The van der Waals surface area contributed by atoms with Crippen LogP contribution in [0.5, 0.6) is 11.5 Å². The summed E-state index contributed by atoms with van der Waals surface area (Å²) in [5.74, 6) is 1.50. The first-order valence-electron chi connectivity index (χ1n) is 5.98. The van der Waals surface area contributed by atoms with Crippen LogP contribution in [0.25, 0.3) is 0 Å². The Bertz CT molecular complexity index is 472. The zero-order valence-corrected chi connectivity index (χ0v) is 14.2. The lowest BCUT2D eigenvalue weighted by molar-refractivity contribution is 0.349. The maximum Gasteiger partial charge on any atom is 0.135 e. The van der Waals surface area contributed by atoms with E-state index in [1.54, 1.807) is 12.2 Å². The van der Waals surface area contributed by atoms with E-state index < -0.39 is 0 Å². The van der Waals surface area contributed by atoms with Crippen molar-refractivity contribution in [3.63, 3.8) is 0 Å². The van der Waals surface area contributed by atoms with Crippen LogP contribution in [0.1, 0.15) is 0 Å². The molecule has 0 aliphatic heterocycles. The van der Waals surface area contributed by atoms with E-state index in [0.717, 1.165) is 20.4 Å². The summed E-state index contributed by atoms with van der Waals surface area (Å²) in [6.07, 6.45) is 10.9. The van der Waals surface area contributed by atoms with Crippen LogP contribution < -0.4 is 9.47 Å². The lowest BCUT2D eigenvalue weighted by atomic mass is 10.3. The highest BCUT2D eigenvalue weighted by molar-refractivity contribution is 9.11. The molecule has 0 unspecified atom stereocenters. The number of halogens is 2. The SMILES string of the molecule is C=CC=CCOc1cc(Br)c(OCC=CC=C)cc1Br. The van der Waals surface area contributed by atoms with Crippen LogP contribution in [0.3, 0.4) is 0 Å². The van der Waals surface area contributed by atoms with Crippen molar-refractivity contribution in [2.45, 2.75) is 0 Å². The Kier molecular flexibility index (Phi) is 8.07. The molecule has 1 aromatic carbocycles. The third kappa shape index (κ3) is 5.80. The quantitative estimate of drug-likeness (QED) is 0.541. The molecular formula is C16H16Br2O2. The largest absolute Gasteiger partial charge is 0.488 e. The Morgan fingerprint density at radius 2 is 1.25 bits per heavy atom. The minimum absolute atomic E-state index is 0.485. The summed E-state index contributed by atoms with van der Waals surface area (Å²) in [5, 5.41) is 0. The highest BCUT2D eigenvalue weighted by Crippen LogP contribution is 2.36. The van der Waals surface area contributed by atoms with Crippen LogP contribution in [0.2, 0.25) is 0 Å². The number of hydrogen-bond acceptors (Lipinski definition) is 2. The Morgan fingerprint density at radius 3 is 1.60 bits per heavy atom. The molecule has 0 fully saturated rings. The molecule has 20 heavy (non-hydrogen) atoms. The van der Waals surface area contributed by atoms with Gasteiger partial charge in [0.05, 0.1) is 8.95 Å². The van der Waals surface area contributed by atoms with Crippen LogP contribution in [0, 0.1) is 0 Å². The van der Waals surface area contributed by atoms with Crippen molar-refractivity contribution in [2.75, 3.05) is 13.2 Å². The van der Waals surface area contributed by atoms with Gasteiger partial charge in [0.15, 0.2) is 0 Å². The third-order valence-electron chi connectivity index (χ3n) is 2.20. The number of rotatable bonds is 8. The zero-order chi connectivity index (χ0) is 14.8. The van der Waals surface area contributed by atoms with Crippen molar-refractivity contribution in [3.8, 4) is 11.5 Å². The molecule has 0 aliphatic carbocycles. The molecule has 106 valence electrons. The predicted octanol–water partition coefficient (Wildman–Crippen LogP) is 5.45. The number of allylic oxidation sites excluding steroid dienone is 4. The fraction of sp³-hybridized carbons (Fsp3) is 0.125. The smallest absolute Gasteiger partial charge is 0.135 e. The van der Waals surface area contributed by atoms with Gasteiger partial charge in [0.2, 0.25) is 0 Å². The maximum atomic E-state index is 5.62. The molecule has 0 spiro atoms. The fourth-order valence-electron chi connectivity index (χ4n) is 1.31. The second-order valence-electron chi connectivity index (χ2n) is 3.66. The molecule has 4 heteroatoms. The fourth-order valence-corrected chi connectivity index (χ4v) is 2.18. The number of ether oxygens (including phenoxy) is 2. The first kappa shape index (κ1) is 16.8. The summed E-state index contributed by atoms with van der Waals surface area (Å²) in [5.41, 5.74) is 0. The summed E-state index contributed by atoms with van der Waals surface area (Å²) in [6.45, 7) is 8.18. The minimum Gasteiger partial charge on any atom is -0.488 e. The average Bonchev–Trinajstić information content (AvgIpc) is 2.44. The van der Waals surface area contributed by atoms with E-state index in [9.17, 15) is 0 Å². The van der Waals surface area contributed by atoms with E-state index in [0.29, 0.717) is 13.2 Å². The van der Waals surface area contributed by atoms with E-state index in [4.69, 9.17) is 9.47 Å². The van der Waals surface area contributed by atoms with Gasteiger partial charge in [0.25, 0.3) is 0 Å². The van der Waals surface area contributed by atoms with E-state index in [1.807, 2.05) is 36.4 Å². The Balaban J connectivity index is 2.69. The Hall–Kier alpha value is -1.26. The average molecular weight is 400 g/mol. The molecule has 0 aliphatic rings. The van der Waals surface area contributed by atoms with Gasteiger partial charge in [-0.15, -0.1) is 0 Å². The first-order chi connectivity index (χ1) is 9.69. The summed E-state index contributed by atoms with van der Waals surface area (Å²) >= 11 is 6.94. The van der Waals surface area contributed by atoms with E-state index in [2.05, 4.69) is 45.0 Å². The predicted molar refractivity (Wildman–Crippen MR) is 91.5 cm³/mol. The van der Waals surface area contributed by atoms with E-state index >= 15 is 0 Å². The van der Waals surface area contributed by atoms with Crippen LogP contribution >= 0.6 is 31.9 Å². The summed E-state index contributed by atoms with van der Waals surface area (Å²) in [4.78, 5) is 0. The van der Waals surface area contributed by atoms with Gasteiger partial charge < -0.3 is 9.47 Å². The lowest BCUT2D eigenvalue weighted by Crippen LogP contribution is -1.97. The van der Waals surface area contributed by atoms with Gasteiger partial charge >= 0.3 is 0 Å². The van der Waals surface area contributed by atoms with Crippen molar-refractivity contribution in [2.24, 2.45) is 0 Å². The van der Waals surface area contributed by atoms with Crippen molar-refractivity contribution in [1.82, 2.24) is 0 Å². The first-order valence-corrected chi connectivity index (χ1v) is 7.57. The van der Waals surface area contributed by atoms with Gasteiger partial charge in [-0.1, -0.05) is 37.5 Å². The van der Waals surface area contributed by atoms with E-state index in [1.165, 1.54) is 0 Å². The topological polar surface area (TPSA) is 18.5 Å². The van der Waals surface area contributed by atoms with Crippen molar-refractivity contribution in [1.29, 1.82) is 0 Å². The molecule has 1 aromatic rings. The third-order valence-corrected chi connectivity index (χ3v) is 3.44. The second kappa shape index (κ2) is 9.61. The van der Waals surface area contributed by atoms with Crippen LogP contribution in [-0.4, -0.2) is 13.2 Å². The molecule has 1 rings (SSSR count). The normalized spacial score (nSPS) is 10.9. The van der Waals surface area contributed by atoms with Crippen molar-refractivity contribution < 1.29 is 9.47 Å². The van der Waals surface area contributed by atoms with Gasteiger partial charge in [-0.05, 0) is 56.1 Å². The Morgan fingerprint density at radius 1 is 0.850 bits per heavy atom. The number of benzene rings is 1. The van der Waals surface area contributed by atoms with Gasteiger partial charge in [0.1, 0.15) is 24.7 Å². The van der Waals surface area contributed by atoms with Crippen molar-refractivity contribution >= 4 is 31.9 Å². The van der Waals surface area contributed by atoms with E-state index in [-0.39, 0.29) is 0 Å². The van der Waals surface area contributed by atoms with Crippen LogP contribution in [0.15, 0.2) is 70.7 Å². The molecule has 0 heterocycles. The molecule has 0 N–H and O–H groups in total. The molecule has 0 aromatic heterocycles. The monoisotopic (exact) mass is 398 g/mol. The van der Waals surface area contributed by atoms with Crippen LogP contribution in [-0.2, 0) is 0 Å². The number of hydrogen-bond donors (Lipinski definition) is 0. The van der Waals surface area contributed by atoms with Crippen molar-refractivity contribution in [3.05, 3.63) is 70.7 Å². The summed E-state index contributed by atoms with van der Waals surface area (Å²) < 4.78 is 12.9. The molecule has 0 amide bonds. The Labute approximate surface area is 136 Å². The zero-order valence-electron chi connectivity index (χ0n) is 11.0. The highest BCUT2D eigenvalue weighted by atomic mass is 79.9. The minimum atomic E-state index is 0.485. The van der Waals surface area contributed by atoms with Gasteiger partial charge in [-0.3, -0.25) is 0 Å². The standard InChI is InChI=1S/C16H16Br2O2/c1-3-5-7-9-19-15-11-14(18)16(12-13(15)17)20-10-8-6-4-2/h3-8,11-12H,1-2,9-10H2. The maximum absolute atomic E-state index is 5.62. The molecular weight excluding hydrogens is 384 g/mol. The molecule has 0 atom stereocenters. The molecule has 0 radical (unpaired) electrons. The summed E-state index contributed by atoms with van der Waals surface area (Å²) in [7, 11) is 0. The van der Waals surface area contributed by atoms with Gasteiger partial charge in [-0.25, -0.2) is 0 Å². The highest BCUT2D eigenvalue weighted by Gasteiger charge is 2.08. The molecule has 0 saturated carbocycles. The van der Waals surface area contributed by atoms with Gasteiger partial charge in [-0.2, -0.15) is 0 Å². The van der Waals surface area contributed by atoms with Crippen LogP contribution in [0.4, 0.5) is 0 Å². The lowest BCUT2D eigenvalue weighted by Gasteiger charge is -2.11. The second-order valence-corrected chi connectivity index (χ2v) is 5.37. The van der Waals surface area contributed by atoms with Gasteiger partial charge in [0, 0.05) is 0 Å².